The second-order valence-corrected chi connectivity index (χ2v) is 5.69. The van der Waals surface area contributed by atoms with Crippen molar-refractivity contribution in [3.63, 3.8) is 0 Å². The first-order chi connectivity index (χ1) is 12.1. The van der Waals surface area contributed by atoms with Crippen LogP contribution in [0.25, 0.3) is 22.4 Å². The molecule has 8 heteroatoms. The number of furan rings is 1. The Labute approximate surface area is 142 Å². The first-order valence-electron chi connectivity index (χ1n) is 7.71. The largest absolute Gasteiger partial charge is 0.459 e. The Morgan fingerprint density at radius 1 is 1.32 bits per heavy atom. The molecule has 0 bridgehead atoms. The lowest BCUT2D eigenvalue weighted by atomic mass is 10.2. The average molecular weight is 337 g/mol. The van der Waals surface area contributed by atoms with Crippen molar-refractivity contribution >= 4 is 16.9 Å². The van der Waals surface area contributed by atoms with E-state index in [0.29, 0.717) is 11.7 Å². The normalized spacial score (nSPS) is 12.4. The van der Waals surface area contributed by atoms with E-state index in [0.717, 1.165) is 16.6 Å². The molecule has 0 aliphatic carbocycles. The van der Waals surface area contributed by atoms with Crippen molar-refractivity contribution in [2.24, 2.45) is 7.05 Å². The molecule has 3 aromatic heterocycles. The Morgan fingerprint density at radius 2 is 2.20 bits per heavy atom. The van der Waals surface area contributed by atoms with E-state index in [1.807, 2.05) is 29.8 Å². The molecule has 0 saturated heterocycles. The molecule has 0 spiro atoms. The van der Waals surface area contributed by atoms with Crippen LogP contribution < -0.4 is 5.32 Å². The predicted octanol–water partition coefficient (Wildman–Crippen LogP) is 2.71. The minimum absolute atomic E-state index is 0.230. The number of fused-ring (bicyclic) bond motifs is 1. The van der Waals surface area contributed by atoms with Crippen LogP contribution in [0.4, 0.5) is 0 Å². The van der Waals surface area contributed by atoms with Gasteiger partial charge < -0.3 is 18.8 Å². The lowest BCUT2D eigenvalue weighted by Crippen LogP contribution is -2.26. The van der Waals surface area contributed by atoms with Gasteiger partial charge in [-0.25, -0.2) is 4.98 Å². The second kappa shape index (κ2) is 5.90. The number of carbonyl (C=O) groups excluding carboxylic acids is 1. The smallest absolute Gasteiger partial charge is 0.287 e. The molecule has 25 heavy (non-hydrogen) atoms. The van der Waals surface area contributed by atoms with Crippen LogP contribution in [0.5, 0.6) is 0 Å². The third kappa shape index (κ3) is 2.78. The number of hydrogen-bond acceptors (Lipinski definition) is 6. The molecule has 0 fully saturated rings. The van der Waals surface area contributed by atoms with Gasteiger partial charge in [-0.3, -0.25) is 4.79 Å². The summed E-state index contributed by atoms with van der Waals surface area (Å²) in [5.41, 5.74) is 2.69. The second-order valence-electron chi connectivity index (χ2n) is 5.69. The highest BCUT2D eigenvalue weighted by atomic mass is 16.5. The zero-order valence-corrected chi connectivity index (χ0v) is 13.6. The standard InChI is InChI=1S/C17H15N5O3/c1-10(19-16(23)14-4-3-7-24-14)17-20-15(21-25-17)11-5-6-12-13(8-11)22(2)9-18-12/h3-10H,1-2H3,(H,19,23)/t10-/m1/s1. The molecule has 0 unspecified atom stereocenters. The van der Waals surface area contributed by atoms with E-state index in [-0.39, 0.29) is 11.7 Å². The maximum Gasteiger partial charge on any atom is 0.287 e. The fraction of sp³-hybridized carbons (Fsp3) is 0.176. The van der Waals surface area contributed by atoms with Crippen LogP contribution in [-0.2, 0) is 7.05 Å². The van der Waals surface area contributed by atoms with Crippen LogP contribution in [0.15, 0.2) is 51.9 Å². The molecule has 1 N–H and O–H groups in total. The average Bonchev–Trinajstić information content (AvgIpc) is 3.36. The van der Waals surface area contributed by atoms with Gasteiger partial charge in [0.25, 0.3) is 5.91 Å². The van der Waals surface area contributed by atoms with Gasteiger partial charge in [-0.05, 0) is 37.3 Å². The van der Waals surface area contributed by atoms with E-state index < -0.39 is 6.04 Å². The van der Waals surface area contributed by atoms with Crippen molar-refractivity contribution in [1.82, 2.24) is 25.0 Å². The van der Waals surface area contributed by atoms with Gasteiger partial charge >= 0.3 is 0 Å². The Hall–Kier alpha value is -3.42. The minimum atomic E-state index is -0.445. The fourth-order valence-electron chi connectivity index (χ4n) is 2.53. The van der Waals surface area contributed by atoms with Crippen molar-refractivity contribution in [1.29, 1.82) is 0 Å². The molecular weight excluding hydrogens is 322 g/mol. The van der Waals surface area contributed by atoms with Gasteiger partial charge in [0, 0.05) is 12.6 Å². The van der Waals surface area contributed by atoms with Crippen LogP contribution in [0, 0.1) is 0 Å². The summed E-state index contributed by atoms with van der Waals surface area (Å²) >= 11 is 0. The number of nitrogens with one attached hydrogen (secondary N) is 1. The van der Waals surface area contributed by atoms with E-state index in [1.54, 1.807) is 25.4 Å². The van der Waals surface area contributed by atoms with E-state index in [1.165, 1.54) is 6.26 Å². The van der Waals surface area contributed by atoms with Crippen molar-refractivity contribution in [2.75, 3.05) is 0 Å². The highest BCUT2D eigenvalue weighted by molar-refractivity contribution is 5.91. The molecule has 1 atom stereocenters. The summed E-state index contributed by atoms with van der Waals surface area (Å²) in [4.78, 5) is 20.7. The number of nitrogens with zero attached hydrogens (tertiary/aromatic N) is 4. The Bertz CT molecular complexity index is 1030. The van der Waals surface area contributed by atoms with Gasteiger partial charge in [0.1, 0.15) is 6.04 Å². The monoisotopic (exact) mass is 337 g/mol. The molecule has 1 aromatic carbocycles. The van der Waals surface area contributed by atoms with E-state index >= 15 is 0 Å². The first-order valence-corrected chi connectivity index (χ1v) is 7.71. The molecule has 1 amide bonds. The summed E-state index contributed by atoms with van der Waals surface area (Å²) in [5, 5.41) is 6.76. The summed E-state index contributed by atoms with van der Waals surface area (Å²) < 4.78 is 12.3. The Kier molecular flexibility index (Phi) is 3.57. The number of amides is 1. The fourth-order valence-corrected chi connectivity index (χ4v) is 2.53. The predicted molar refractivity (Wildman–Crippen MR) is 88.6 cm³/mol. The summed E-state index contributed by atoms with van der Waals surface area (Å²) in [6, 6.07) is 8.53. The summed E-state index contributed by atoms with van der Waals surface area (Å²) in [7, 11) is 1.92. The number of imidazole rings is 1. The third-order valence-corrected chi connectivity index (χ3v) is 3.89. The van der Waals surface area contributed by atoms with Crippen LogP contribution in [0.1, 0.15) is 29.4 Å². The quantitative estimate of drug-likeness (QED) is 0.615. The number of carbonyl (C=O) groups is 1. The first kappa shape index (κ1) is 15.1. The number of rotatable bonds is 4. The summed E-state index contributed by atoms with van der Waals surface area (Å²) in [6.07, 6.45) is 3.20. The van der Waals surface area contributed by atoms with E-state index in [4.69, 9.17) is 8.94 Å². The van der Waals surface area contributed by atoms with Crippen LogP contribution >= 0.6 is 0 Å². The minimum Gasteiger partial charge on any atom is -0.459 e. The SMILES string of the molecule is C[C@@H](NC(=O)c1ccco1)c1nc(-c2ccc3ncn(C)c3c2)no1. The summed E-state index contributed by atoms with van der Waals surface area (Å²) in [5.74, 6) is 0.666. The molecule has 126 valence electrons. The Morgan fingerprint density at radius 3 is 3.00 bits per heavy atom. The van der Waals surface area contributed by atoms with Gasteiger partial charge in [0.05, 0.1) is 23.6 Å². The molecule has 0 radical (unpaired) electrons. The molecule has 0 aliphatic rings. The molecule has 0 aliphatic heterocycles. The zero-order valence-electron chi connectivity index (χ0n) is 13.6. The molecule has 8 nitrogen and oxygen atoms in total. The van der Waals surface area contributed by atoms with Gasteiger partial charge in [0.15, 0.2) is 5.76 Å². The number of hydrogen-bond donors (Lipinski definition) is 1. The van der Waals surface area contributed by atoms with Gasteiger partial charge in [-0.1, -0.05) is 5.16 Å². The van der Waals surface area contributed by atoms with Crippen molar-refractivity contribution in [3.8, 4) is 11.4 Å². The van der Waals surface area contributed by atoms with Crippen molar-refractivity contribution < 1.29 is 13.7 Å². The van der Waals surface area contributed by atoms with Crippen LogP contribution in [0.2, 0.25) is 0 Å². The van der Waals surface area contributed by atoms with E-state index in [2.05, 4.69) is 20.4 Å². The molecule has 0 saturated carbocycles. The Balaban J connectivity index is 1.56. The lowest BCUT2D eigenvalue weighted by molar-refractivity contribution is 0.0904. The number of benzene rings is 1. The van der Waals surface area contributed by atoms with Crippen LogP contribution in [0.3, 0.4) is 0 Å². The van der Waals surface area contributed by atoms with E-state index in [9.17, 15) is 4.79 Å². The number of aromatic nitrogens is 4. The summed E-state index contributed by atoms with van der Waals surface area (Å²) in [6.45, 7) is 1.77. The highest BCUT2D eigenvalue weighted by Gasteiger charge is 2.19. The number of aryl methyl sites for hydroxylation is 1. The van der Waals surface area contributed by atoms with Gasteiger partial charge in [-0.15, -0.1) is 0 Å². The topological polar surface area (TPSA) is 99.0 Å². The van der Waals surface area contributed by atoms with Crippen LogP contribution in [-0.4, -0.2) is 25.6 Å². The van der Waals surface area contributed by atoms with Crippen molar-refractivity contribution in [2.45, 2.75) is 13.0 Å². The highest BCUT2D eigenvalue weighted by Crippen LogP contribution is 2.23. The zero-order chi connectivity index (χ0) is 17.4. The lowest BCUT2D eigenvalue weighted by Gasteiger charge is -2.07. The third-order valence-electron chi connectivity index (χ3n) is 3.89. The van der Waals surface area contributed by atoms with Crippen molar-refractivity contribution in [3.05, 3.63) is 54.6 Å². The van der Waals surface area contributed by atoms with Gasteiger partial charge in [0.2, 0.25) is 11.7 Å². The molecule has 3 heterocycles. The molecular formula is C17H15N5O3. The maximum absolute atomic E-state index is 12.0. The van der Waals surface area contributed by atoms with Gasteiger partial charge in [-0.2, -0.15) is 4.98 Å². The molecule has 4 aromatic rings. The maximum atomic E-state index is 12.0. The molecule has 4 rings (SSSR count).